The number of aromatic nitrogens is 3. The number of fused-ring (bicyclic) bond motifs is 1. The Morgan fingerprint density at radius 3 is 3.00 bits per heavy atom. The van der Waals surface area contributed by atoms with Crippen molar-refractivity contribution in [3.8, 4) is 0 Å². The molecule has 1 fully saturated rings. The monoisotopic (exact) mass is 331 g/mol. The van der Waals surface area contributed by atoms with Gasteiger partial charge in [-0.25, -0.2) is 9.78 Å². The first-order chi connectivity index (χ1) is 11.3. The normalized spacial score (nSPS) is 18.2. The average Bonchev–Trinajstić information content (AvgIpc) is 3.11. The predicted molar refractivity (Wildman–Crippen MR) is 93.1 cm³/mol. The molecule has 0 bridgehead atoms. The van der Waals surface area contributed by atoms with E-state index >= 15 is 0 Å². The van der Waals surface area contributed by atoms with Gasteiger partial charge in [-0.1, -0.05) is 0 Å². The third-order valence-corrected chi connectivity index (χ3v) is 4.08. The summed E-state index contributed by atoms with van der Waals surface area (Å²) in [6.07, 6.45) is 2.49. The third kappa shape index (κ3) is 3.77. The van der Waals surface area contributed by atoms with Gasteiger partial charge in [-0.2, -0.15) is 4.98 Å². The lowest BCUT2D eigenvalue weighted by atomic mass is 10.1. The zero-order chi connectivity index (χ0) is 17.3. The Kier molecular flexibility index (Phi) is 4.34. The van der Waals surface area contributed by atoms with Crippen LogP contribution in [0.25, 0.3) is 11.2 Å². The summed E-state index contributed by atoms with van der Waals surface area (Å²) in [5.74, 6) is 1.21. The predicted octanol–water partition coefficient (Wildman–Crippen LogP) is 2.65. The zero-order valence-electron chi connectivity index (χ0n) is 14.7. The molecule has 7 heteroatoms. The maximum absolute atomic E-state index is 12.1. The van der Waals surface area contributed by atoms with Crippen LogP contribution in [0, 0.1) is 5.92 Å². The van der Waals surface area contributed by atoms with Gasteiger partial charge in [-0.3, -0.25) is 0 Å². The summed E-state index contributed by atoms with van der Waals surface area (Å²) in [5.41, 5.74) is 1.20. The highest BCUT2D eigenvalue weighted by molar-refractivity contribution is 5.73. The van der Waals surface area contributed by atoms with E-state index in [1.54, 1.807) is 11.1 Å². The number of carbonyl (C=O) groups is 1. The molecule has 1 aliphatic heterocycles. The summed E-state index contributed by atoms with van der Waals surface area (Å²) in [7, 11) is 2.01. The Morgan fingerprint density at radius 1 is 1.50 bits per heavy atom. The van der Waals surface area contributed by atoms with Crippen molar-refractivity contribution in [3.05, 3.63) is 18.3 Å². The summed E-state index contributed by atoms with van der Waals surface area (Å²) in [4.78, 5) is 28.1. The van der Waals surface area contributed by atoms with Gasteiger partial charge in [0.05, 0.1) is 5.52 Å². The summed E-state index contributed by atoms with van der Waals surface area (Å²) in [6.45, 7) is 7.97. The van der Waals surface area contributed by atoms with Gasteiger partial charge in [0.25, 0.3) is 0 Å². The van der Waals surface area contributed by atoms with Crippen LogP contribution in [0.5, 0.6) is 0 Å². The van der Waals surface area contributed by atoms with E-state index in [9.17, 15) is 4.79 Å². The van der Waals surface area contributed by atoms with Crippen LogP contribution >= 0.6 is 0 Å². The number of pyridine rings is 1. The Balaban J connectivity index is 1.57. The summed E-state index contributed by atoms with van der Waals surface area (Å²) in [5, 5.41) is 0. The molecule has 0 spiro atoms. The fourth-order valence-electron chi connectivity index (χ4n) is 2.96. The molecule has 7 nitrogen and oxygen atoms in total. The molecule has 1 atom stereocenters. The minimum absolute atomic E-state index is 0.222. The molecule has 0 unspecified atom stereocenters. The molecule has 0 saturated carbocycles. The van der Waals surface area contributed by atoms with Crippen molar-refractivity contribution in [2.45, 2.75) is 32.8 Å². The van der Waals surface area contributed by atoms with E-state index < -0.39 is 5.60 Å². The van der Waals surface area contributed by atoms with Gasteiger partial charge in [0, 0.05) is 32.9 Å². The Hall–Kier alpha value is -2.31. The molecule has 24 heavy (non-hydrogen) atoms. The highest BCUT2D eigenvalue weighted by Gasteiger charge is 2.30. The molecule has 1 aliphatic rings. The van der Waals surface area contributed by atoms with Crippen LogP contribution in [0.1, 0.15) is 27.2 Å². The van der Waals surface area contributed by atoms with E-state index in [0.717, 1.165) is 43.2 Å². The molecule has 1 amide bonds. The van der Waals surface area contributed by atoms with Gasteiger partial charge in [0.15, 0.2) is 5.65 Å². The smallest absolute Gasteiger partial charge is 0.410 e. The highest BCUT2D eigenvalue weighted by Crippen LogP contribution is 2.22. The van der Waals surface area contributed by atoms with Gasteiger partial charge in [-0.15, -0.1) is 0 Å². The van der Waals surface area contributed by atoms with Gasteiger partial charge < -0.3 is 19.5 Å². The molecular weight excluding hydrogens is 306 g/mol. The quantitative estimate of drug-likeness (QED) is 0.936. The SMILES string of the molecule is CN(C[C@@H]1CCN(C(=O)OC(C)(C)C)C1)c1nc2ncccc2[nH]1. The van der Waals surface area contributed by atoms with Gasteiger partial charge in [-0.05, 0) is 45.2 Å². The molecular formula is C17H25N5O2. The molecule has 2 aromatic rings. The standard InChI is InChI=1S/C17H25N5O2/c1-17(2,3)24-16(23)22-9-7-12(11-22)10-21(4)15-19-13-6-5-8-18-14(13)20-15/h5-6,8,12H,7,9-11H2,1-4H3,(H,18,19,20)/t12-/m0/s1. The van der Waals surface area contributed by atoms with Gasteiger partial charge in [0.1, 0.15) is 5.60 Å². The van der Waals surface area contributed by atoms with Crippen LogP contribution in [-0.4, -0.2) is 58.2 Å². The molecule has 0 aliphatic carbocycles. The van der Waals surface area contributed by atoms with Crippen LogP contribution in [0.4, 0.5) is 10.7 Å². The number of nitrogens with one attached hydrogen (secondary N) is 1. The topological polar surface area (TPSA) is 74.3 Å². The van der Waals surface area contributed by atoms with E-state index in [2.05, 4.69) is 19.9 Å². The molecule has 1 saturated heterocycles. The van der Waals surface area contributed by atoms with Crippen molar-refractivity contribution < 1.29 is 9.53 Å². The molecule has 0 radical (unpaired) electrons. The fraction of sp³-hybridized carbons (Fsp3) is 0.588. The van der Waals surface area contributed by atoms with E-state index in [-0.39, 0.29) is 6.09 Å². The van der Waals surface area contributed by atoms with Crippen molar-refractivity contribution in [2.24, 2.45) is 5.92 Å². The van der Waals surface area contributed by atoms with E-state index in [1.165, 1.54) is 0 Å². The maximum Gasteiger partial charge on any atom is 0.410 e. The molecule has 2 aromatic heterocycles. The van der Waals surface area contributed by atoms with E-state index in [4.69, 9.17) is 4.74 Å². The van der Waals surface area contributed by atoms with Crippen LogP contribution in [0.15, 0.2) is 18.3 Å². The average molecular weight is 331 g/mol. The van der Waals surface area contributed by atoms with Crippen LogP contribution in [0.2, 0.25) is 0 Å². The number of rotatable bonds is 3. The first-order valence-corrected chi connectivity index (χ1v) is 8.31. The van der Waals surface area contributed by atoms with Crippen LogP contribution in [0.3, 0.4) is 0 Å². The summed E-state index contributed by atoms with van der Waals surface area (Å²) < 4.78 is 5.45. The largest absolute Gasteiger partial charge is 0.444 e. The Labute approximate surface area is 142 Å². The minimum atomic E-state index is -0.451. The number of aromatic amines is 1. The number of amides is 1. The van der Waals surface area contributed by atoms with Crippen LogP contribution < -0.4 is 4.90 Å². The number of likely N-dealkylation sites (tertiary alicyclic amines) is 1. The number of H-pyrrole nitrogens is 1. The van der Waals surface area contributed by atoms with E-state index in [0.29, 0.717) is 5.92 Å². The van der Waals surface area contributed by atoms with E-state index in [1.807, 2.05) is 40.0 Å². The Morgan fingerprint density at radius 2 is 2.29 bits per heavy atom. The number of ether oxygens (including phenoxy) is 1. The number of hydrogen-bond donors (Lipinski definition) is 1. The van der Waals surface area contributed by atoms with Crippen molar-refractivity contribution in [1.29, 1.82) is 0 Å². The number of imidazole rings is 1. The number of carbonyl (C=O) groups excluding carboxylic acids is 1. The molecule has 0 aromatic carbocycles. The summed E-state index contributed by atoms with van der Waals surface area (Å²) >= 11 is 0. The molecule has 1 N–H and O–H groups in total. The molecule has 3 rings (SSSR count). The number of anilines is 1. The summed E-state index contributed by atoms with van der Waals surface area (Å²) in [6, 6.07) is 3.85. The molecule has 130 valence electrons. The maximum atomic E-state index is 12.1. The van der Waals surface area contributed by atoms with Crippen molar-refractivity contribution in [2.75, 3.05) is 31.6 Å². The van der Waals surface area contributed by atoms with Crippen LogP contribution in [-0.2, 0) is 4.74 Å². The highest BCUT2D eigenvalue weighted by atomic mass is 16.6. The first kappa shape index (κ1) is 16.5. The lowest BCUT2D eigenvalue weighted by molar-refractivity contribution is 0.0288. The zero-order valence-corrected chi connectivity index (χ0v) is 14.7. The second-order valence-corrected chi connectivity index (χ2v) is 7.40. The van der Waals surface area contributed by atoms with Gasteiger partial charge >= 0.3 is 6.09 Å². The first-order valence-electron chi connectivity index (χ1n) is 8.31. The van der Waals surface area contributed by atoms with Crippen molar-refractivity contribution in [3.63, 3.8) is 0 Å². The van der Waals surface area contributed by atoms with Crippen molar-refractivity contribution in [1.82, 2.24) is 19.9 Å². The number of nitrogens with zero attached hydrogens (tertiary/aromatic N) is 4. The van der Waals surface area contributed by atoms with Gasteiger partial charge in [0.2, 0.25) is 5.95 Å². The van der Waals surface area contributed by atoms with Crippen molar-refractivity contribution >= 4 is 23.2 Å². The second kappa shape index (κ2) is 6.30. The number of hydrogen-bond acceptors (Lipinski definition) is 5. The molecule has 3 heterocycles. The fourth-order valence-corrected chi connectivity index (χ4v) is 2.96. The minimum Gasteiger partial charge on any atom is -0.444 e. The third-order valence-electron chi connectivity index (χ3n) is 4.08. The second-order valence-electron chi connectivity index (χ2n) is 7.40. The Bertz CT molecular complexity index is 688. The lowest BCUT2D eigenvalue weighted by Crippen LogP contribution is -2.36. The lowest BCUT2D eigenvalue weighted by Gasteiger charge is -2.25.